The van der Waals surface area contributed by atoms with E-state index in [0.717, 1.165) is 12.1 Å². The lowest BCUT2D eigenvalue weighted by Gasteiger charge is -2.11. The number of hydrogen-bond acceptors (Lipinski definition) is 4. The van der Waals surface area contributed by atoms with Crippen molar-refractivity contribution in [3.63, 3.8) is 0 Å². The minimum Gasteiger partial charge on any atom is -0.462 e. The Morgan fingerprint density at radius 3 is 2.65 bits per heavy atom. The van der Waals surface area contributed by atoms with Crippen molar-refractivity contribution < 1.29 is 27.4 Å². The summed E-state index contributed by atoms with van der Waals surface area (Å²) in [4.78, 5) is 11.4. The number of nitrogen functional groups attached to an aromatic ring is 1. The highest BCUT2D eigenvalue weighted by atomic mass is 19.3. The van der Waals surface area contributed by atoms with Crippen molar-refractivity contribution in [2.45, 2.75) is 13.5 Å². The molecular weight excluding hydrogens is 239 g/mol. The standard InChI is InChI=1S/C10H10F3NO3/c1-2-16-9(15)5-3-4-6(14)7(11)8(5)17-10(12)13/h3-4,10H,2,14H2,1H3. The monoisotopic (exact) mass is 249 g/mol. The van der Waals surface area contributed by atoms with E-state index < -0.39 is 35.4 Å². The van der Waals surface area contributed by atoms with Gasteiger partial charge in [-0.1, -0.05) is 0 Å². The number of halogens is 3. The van der Waals surface area contributed by atoms with Gasteiger partial charge in [0.05, 0.1) is 12.3 Å². The predicted octanol–water partition coefficient (Wildman–Crippen LogP) is 2.19. The molecule has 2 N–H and O–H groups in total. The van der Waals surface area contributed by atoms with Crippen LogP contribution in [0.15, 0.2) is 12.1 Å². The van der Waals surface area contributed by atoms with Crippen LogP contribution in [0.1, 0.15) is 17.3 Å². The number of nitrogens with two attached hydrogens (primary N) is 1. The Labute approximate surface area is 95.1 Å². The van der Waals surface area contributed by atoms with Gasteiger partial charge in [-0.15, -0.1) is 0 Å². The summed E-state index contributed by atoms with van der Waals surface area (Å²) in [5, 5.41) is 0. The van der Waals surface area contributed by atoms with Crippen molar-refractivity contribution in [3.8, 4) is 5.75 Å². The first-order chi connectivity index (χ1) is 7.97. The van der Waals surface area contributed by atoms with Crippen LogP contribution in [0.4, 0.5) is 18.9 Å². The molecule has 1 aromatic carbocycles. The van der Waals surface area contributed by atoms with Crippen molar-refractivity contribution >= 4 is 11.7 Å². The van der Waals surface area contributed by atoms with E-state index >= 15 is 0 Å². The zero-order valence-electron chi connectivity index (χ0n) is 8.88. The Balaban J connectivity index is 3.19. The Kier molecular flexibility index (Phi) is 4.19. The molecule has 0 amide bonds. The maximum atomic E-state index is 13.4. The van der Waals surface area contributed by atoms with Crippen molar-refractivity contribution in [3.05, 3.63) is 23.5 Å². The number of alkyl halides is 2. The topological polar surface area (TPSA) is 61.5 Å². The fraction of sp³-hybridized carbons (Fsp3) is 0.300. The van der Waals surface area contributed by atoms with E-state index in [1.165, 1.54) is 6.92 Å². The number of esters is 1. The third-order valence-electron chi connectivity index (χ3n) is 1.83. The number of benzene rings is 1. The third kappa shape index (κ3) is 3.02. The highest BCUT2D eigenvalue weighted by molar-refractivity contribution is 5.93. The van der Waals surface area contributed by atoms with Crippen molar-refractivity contribution in [2.75, 3.05) is 12.3 Å². The number of carbonyl (C=O) groups is 1. The molecule has 0 bridgehead atoms. The van der Waals surface area contributed by atoms with Gasteiger partial charge in [0.2, 0.25) is 0 Å². The van der Waals surface area contributed by atoms with E-state index in [1.807, 2.05) is 0 Å². The molecule has 0 unspecified atom stereocenters. The van der Waals surface area contributed by atoms with Gasteiger partial charge in [0, 0.05) is 0 Å². The molecule has 0 aromatic heterocycles. The van der Waals surface area contributed by atoms with Gasteiger partial charge < -0.3 is 15.2 Å². The predicted molar refractivity (Wildman–Crippen MR) is 53.4 cm³/mol. The molecule has 1 aromatic rings. The highest BCUT2D eigenvalue weighted by Crippen LogP contribution is 2.29. The lowest BCUT2D eigenvalue weighted by atomic mass is 10.1. The molecule has 7 heteroatoms. The minimum atomic E-state index is -3.26. The minimum absolute atomic E-state index is 0.0267. The fourth-order valence-electron chi connectivity index (χ4n) is 1.15. The number of ether oxygens (including phenoxy) is 2. The molecule has 0 aliphatic carbocycles. The van der Waals surface area contributed by atoms with Crippen LogP contribution in [0.3, 0.4) is 0 Å². The lowest BCUT2D eigenvalue weighted by molar-refractivity contribution is -0.0527. The summed E-state index contributed by atoms with van der Waals surface area (Å²) in [5.74, 6) is -3.07. The molecule has 0 fully saturated rings. The molecule has 0 aliphatic heterocycles. The molecule has 4 nitrogen and oxygen atoms in total. The maximum absolute atomic E-state index is 13.4. The summed E-state index contributed by atoms with van der Waals surface area (Å²) in [6.07, 6.45) is 0. The molecule has 0 saturated heterocycles. The quantitative estimate of drug-likeness (QED) is 0.656. The second-order valence-electron chi connectivity index (χ2n) is 2.94. The molecule has 0 spiro atoms. The summed E-state index contributed by atoms with van der Waals surface area (Å²) in [6.45, 7) is -1.71. The zero-order valence-corrected chi connectivity index (χ0v) is 8.88. The maximum Gasteiger partial charge on any atom is 0.387 e. The largest absolute Gasteiger partial charge is 0.462 e. The summed E-state index contributed by atoms with van der Waals surface area (Å²) in [5.41, 5.74) is 4.36. The molecule has 0 saturated carbocycles. The van der Waals surface area contributed by atoms with Crippen molar-refractivity contribution in [2.24, 2.45) is 0 Å². The van der Waals surface area contributed by atoms with Gasteiger partial charge in [-0.3, -0.25) is 0 Å². The Hall–Kier alpha value is -1.92. The van der Waals surface area contributed by atoms with Crippen LogP contribution in [-0.2, 0) is 4.74 Å². The molecule has 0 heterocycles. The number of rotatable bonds is 4. The summed E-state index contributed by atoms with van der Waals surface area (Å²) in [6, 6.07) is 2.13. The number of hydrogen-bond donors (Lipinski definition) is 1. The van der Waals surface area contributed by atoms with Gasteiger partial charge in [0.1, 0.15) is 5.56 Å². The van der Waals surface area contributed by atoms with Crippen LogP contribution in [0.25, 0.3) is 0 Å². The zero-order chi connectivity index (χ0) is 13.0. The number of carbonyl (C=O) groups excluding carboxylic acids is 1. The average Bonchev–Trinajstić information content (AvgIpc) is 2.24. The highest BCUT2D eigenvalue weighted by Gasteiger charge is 2.22. The fourth-order valence-corrected chi connectivity index (χ4v) is 1.15. The molecule has 17 heavy (non-hydrogen) atoms. The Morgan fingerprint density at radius 2 is 2.12 bits per heavy atom. The van der Waals surface area contributed by atoms with E-state index in [4.69, 9.17) is 5.73 Å². The molecule has 0 atom stereocenters. The Morgan fingerprint density at radius 1 is 1.47 bits per heavy atom. The lowest BCUT2D eigenvalue weighted by Crippen LogP contribution is -2.13. The third-order valence-corrected chi connectivity index (χ3v) is 1.83. The van der Waals surface area contributed by atoms with E-state index in [1.54, 1.807) is 0 Å². The van der Waals surface area contributed by atoms with Gasteiger partial charge >= 0.3 is 12.6 Å². The van der Waals surface area contributed by atoms with E-state index in [0.29, 0.717) is 0 Å². The first-order valence-electron chi connectivity index (χ1n) is 4.67. The van der Waals surface area contributed by atoms with Crippen LogP contribution in [0, 0.1) is 5.82 Å². The van der Waals surface area contributed by atoms with Crippen molar-refractivity contribution in [1.29, 1.82) is 0 Å². The van der Waals surface area contributed by atoms with E-state index in [9.17, 15) is 18.0 Å². The molecule has 0 radical (unpaired) electrons. The normalized spacial score (nSPS) is 10.4. The van der Waals surface area contributed by atoms with Gasteiger partial charge in [-0.05, 0) is 19.1 Å². The summed E-state index contributed by atoms with van der Waals surface area (Å²) in [7, 11) is 0. The molecule has 94 valence electrons. The van der Waals surface area contributed by atoms with Crippen LogP contribution in [0.5, 0.6) is 5.75 Å². The van der Waals surface area contributed by atoms with Crippen LogP contribution >= 0.6 is 0 Å². The first-order valence-corrected chi connectivity index (χ1v) is 4.67. The molecule has 1 rings (SSSR count). The smallest absolute Gasteiger partial charge is 0.387 e. The first kappa shape index (κ1) is 13.1. The van der Waals surface area contributed by atoms with Crippen LogP contribution in [-0.4, -0.2) is 19.2 Å². The Bertz CT molecular complexity index is 424. The van der Waals surface area contributed by atoms with E-state index in [2.05, 4.69) is 9.47 Å². The second-order valence-corrected chi connectivity index (χ2v) is 2.94. The second kappa shape index (κ2) is 5.42. The molecular formula is C10H10F3NO3. The summed E-state index contributed by atoms with van der Waals surface area (Å²) < 4.78 is 46.1. The van der Waals surface area contributed by atoms with Crippen LogP contribution < -0.4 is 10.5 Å². The van der Waals surface area contributed by atoms with Crippen LogP contribution in [0.2, 0.25) is 0 Å². The van der Waals surface area contributed by atoms with Crippen molar-refractivity contribution in [1.82, 2.24) is 0 Å². The summed E-state index contributed by atoms with van der Waals surface area (Å²) >= 11 is 0. The van der Waals surface area contributed by atoms with Gasteiger partial charge in [0.25, 0.3) is 0 Å². The number of anilines is 1. The van der Waals surface area contributed by atoms with Gasteiger partial charge in [0.15, 0.2) is 11.6 Å². The molecule has 0 aliphatic rings. The average molecular weight is 249 g/mol. The van der Waals surface area contributed by atoms with Gasteiger partial charge in [-0.25, -0.2) is 9.18 Å². The van der Waals surface area contributed by atoms with Gasteiger partial charge in [-0.2, -0.15) is 8.78 Å². The van der Waals surface area contributed by atoms with E-state index in [-0.39, 0.29) is 6.61 Å². The SMILES string of the molecule is CCOC(=O)c1ccc(N)c(F)c1OC(F)F.